The topological polar surface area (TPSA) is 79.9 Å². The highest BCUT2D eigenvalue weighted by Crippen LogP contribution is 2.30. The van der Waals surface area contributed by atoms with E-state index >= 15 is 0 Å². The van der Waals surface area contributed by atoms with Gasteiger partial charge in [-0.2, -0.15) is 5.10 Å². The van der Waals surface area contributed by atoms with Gasteiger partial charge in [0, 0.05) is 22.7 Å². The molecule has 4 aromatic rings. The molecular formula is C22H18N4O2S. The van der Waals surface area contributed by atoms with Gasteiger partial charge in [0.2, 0.25) is 0 Å². The molecule has 2 heterocycles. The number of carbonyl (C=O) groups excluding carboxylic acids is 1. The Morgan fingerprint density at radius 3 is 2.66 bits per heavy atom. The second-order valence-electron chi connectivity index (χ2n) is 6.09. The number of H-pyrrole nitrogens is 1. The summed E-state index contributed by atoms with van der Waals surface area (Å²) in [6.45, 7) is 0. The van der Waals surface area contributed by atoms with Crippen molar-refractivity contribution in [3.05, 3.63) is 84.6 Å². The molecule has 1 amide bonds. The van der Waals surface area contributed by atoms with Crippen molar-refractivity contribution in [1.82, 2.24) is 15.2 Å². The van der Waals surface area contributed by atoms with E-state index in [1.54, 1.807) is 31.5 Å². The van der Waals surface area contributed by atoms with Gasteiger partial charge in [-0.15, -0.1) is 0 Å². The summed E-state index contributed by atoms with van der Waals surface area (Å²) >= 11 is 1.44. The van der Waals surface area contributed by atoms with E-state index in [4.69, 9.17) is 4.74 Å². The van der Waals surface area contributed by atoms with Crippen LogP contribution in [0.2, 0.25) is 0 Å². The van der Waals surface area contributed by atoms with Crippen LogP contribution >= 0.6 is 11.8 Å². The smallest absolute Gasteiger partial charge is 0.259 e. The van der Waals surface area contributed by atoms with E-state index in [0.717, 1.165) is 21.9 Å². The van der Waals surface area contributed by atoms with Gasteiger partial charge in [0.05, 0.1) is 18.4 Å². The molecule has 0 spiro atoms. The van der Waals surface area contributed by atoms with Gasteiger partial charge in [0.1, 0.15) is 10.8 Å². The lowest BCUT2D eigenvalue weighted by atomic mass is 10.1. The molecule has 0 saturated carbocycles. The van der Waals surface area contributed by atoms with Crippen molar-refractivity contribution < 1.29 is 9.53 Å². The van der Waals surface area contributed by atoms with E-state index < -0.39 is 0 Å². The Morgan fingerprint density at radius 2 is 1.83 bits per heavy atom. The first-order valence-electron chi connectivity index (χ1n) is 8.92. The molecule has 2 aromatic carbocycles. The lowest BCUT2D eigenvalue weighted by molar-refractivity contribution is 0.102. The molecule has 0 aliphatic heterocycles. The Labute approximate surface area is 172 Å². The van der Waals surface area contributed by atoms with Crippen molar-refractivity contribution in [3.63, 3.8) is 0 Å². The number of carbonyl (C=O) groups is 1. The van der Waals surface area contributed by atoms with Crippen LogP contribution in [0, 0.1) is 0 Å². The van der Waals surface area contributed by atoms with E-state index in [9.17, 15) is 4.79 Å². The molecule has 0 fully saturated rings. The summed E-state index contributed by atoms with van der Waals surface area (Å²) in [5, 5.41) is 10.6. The fraction of sp³-hybridized carbons (Fsp3) is 0.0455. The summed E-state index contributed by atoms with van der Waals surface area (Å²) in [7, 11) is 1.62. The molecule has 29 heavy (non-hydrogen) atoms. The largest absolute Gasteiger partial charge is 0.496 e. The number of aromatic nitrogens is 3. The molecule has 0 bridgehead atoms. The molecule has 0 radical (unpaired) electrons. The minimum atomic E-state index is -0.269. The second-order valence-corrected chi connectivity index (χ2v) is 7.15. The Kier molecular flexibility index (Phi) is 5.58. The zero-order valence-corrected chi connectivity index (χ0v) is 16.4. The number of aromatic amines is 1. The highest BCUT2D eigenvalue weighted by molar-refractivity contribution is 7.99. The Balaban J connectivity index is 1.54. The summed E-state index contributed by atoms with van der Waals surface area (Å²) in [4.78, 5) is 18.2. The average Bonchev–Trinajstić information content (AvgIpc) is 3.23. The summed E-state index contributed by atoms with van der Waals surface area (Å²) < 4.78 is 5.39. The van der Waals surface area contributed by atoms with Gasteiger partial charge in [-0.1, -0.05) is 42.1 Å². The summed E-state index contributed by atoms with van der Waals surface area (Å²) in [5.74, 6) is 0.882. The maximum absolute atomic E-state index is 12.9. The third-order valence-corrected chi connectivity index (χ3v) is 5.22. The van der Waals surface area contributed by atoms with Crippen LogP contribution in [-0.2, 0) is 0 Å². The molecule has 0 aliphatic rings. The first-order valence-corrected chi connectivity index (χ1v) is 9.74. The first-order chi connectivity index (χ1) is 14.2. The number of hydrogen-bond acceptors (Lipinski definition) is 5. The average molecular weight is 402 g/mol. The molecule has 6 nitrogen and oxygen atoms in total. The van der Waals surface area contributed by atoms with E-state index in [0.29, 0.717) is 16.4 Å². The SMILES string of the molecule is COc1ccccc1-c1cc(NC(=O)c2cccnc2Sc2ccccc2)n[nH]1. The molecule has 0 saturated heterocycles. The van der Waals surface area contributed by atoms with Crippen LogP contribution in [0.4, 0.5) is 5.82 Å². The number of anilines is 1. The molecule has 4 rings (SSSR count). The molecule has 0 atom stereocenters. The van der Waals surface area contributed by atoms with Crippen LogP contribution in [0.25, 0.3) is 11.3 Å². The number of ether oxygens (including phenoxy) is 1. The minimum absolute atomic E-state index is 0.269. The number of nitrogens with zero attached hydrogens (tertiary/aromatic N) is 2. The van der Waals surface area contributed by atoms with Crippen molar-refractivity contribution in [3.8, 4) is 17.0 Å². The zero-order valence-electron chi connectivity index (χ0n) is 15.6. The van der Waals surface area contributed by atoms with E-state index in [1.807, 2.05) is 54.6 Å². The van der Waals surface area contributed by atoms with Crippen LogP contribution in [0.5, 0.6) is 5.75 Å². The van der Waals surface area contributed by atoms with E-state index in [-0.39, 0.29) is 5.91 Å². The van der Waals surface area contributed by atoms with Crippen LogP contribution in [0.3, 0.4) is 0 Å². The van der Waals surface area contributed by atoms with Crippen molar-refractivity contribution in [2.24, 2.45) is 0 Å². The standard InChI is InChI=1S/C22H18N4O2S/c1-28-19-12-6-5-10-16(19)18-14-20(26-25-18)24-21(27)17-11-7-13-23-22(17)29-15-8-3-2-4-9-15/h2-14H,1H3,(H2,24,25,26,27). The van der Waals surface area contributed by atoms with E-state index in [2.05, 4.69) is 20.5 Å². The Hall–Kier alpha value is -3.58. The number of rotatable bonds is 6. The maximum Gasteiger partial charge on any atom is 0.259 e. The fourth-order valence-corrected chi connectivity index (χ4v) is 3.72. The number of para-hydroxylation sites is 1. The molecular weight excluding hydrogens is 384 g/mol. The highest BCUT2D eigenvalue weighted by Gasteiger charge is 2.16. The van der Waals surface area contributed by atoms with Gasteiger partial charge in [0.25, 0.3) is 5.91 Å². The molecule has 144 valence electrons. The van der Waals surface area contributed by atoms with Gasteiger partial charge < -0.3 is 10.1 Å². The maximum atomic E-state index is 12.9. The monoisotopic (exact) mass is 402 g/mol. The third-order valence-electron chi connectivity index (χ3n) is 4.19. The van der Waals surface area contributed by atoms with Crippen molar-refractivity contribution >= 4 is 23.5 Å². The van der Waals surface area contributed by atoms with Gasteiger partial charge in [-0.3, -0.25) is 9.89 Å². The normalized spacial score (nSPS) is 10.5. The third kappa shape index (κ3) is 4.30. The van der Waals surface area contributed by atoms with Gasteiger partial charge in [-0.25, -0.2) is 4.98 Å². The first kappa shape index (κ1) is 18.8. The quantitative estimate of drug-likeness (QED) is 0.480. The molecule has 2 N–H and O–H groups in total. The molecule has 7 heteroatoms. The molecule has 0 unspecified atom stereocenters. The van der Waals surface area contributed by atoms with Crippen molar-refractivity contribution in [2.45, 2.75) is 9.92 Å². The predicted octanol–water partition coefficient (Wildman–Crippen LogP) is 4.88. The Morgan fingerprint density at radius 1 is 1.03 bits per heavy atom. The lowest BCUT2D eigenvalue weighted by Gasteiger charge is -2.07. The van der Waals surface area contributed by atoms with Gasteiger partial charge >= 0.3 is 0 Å². The van der Waals surface area contributed by atoms with Gasteiger partial charge in [-0.05, 0) is 36.4 Å². The lowest BCUT2D eigenvalue weighted by Crippen LogP contribution is -2.13. The van der Waals surface area contributed by atoms with Gasteiger partial charge in [0.15, 0.2) is 5.82 Å². The molecule has 0 aliphatic carbocycles. The highest BCUT2D eigenvalue weighted by atomic mass is 32.2. The van der Waals surface area contributed by atoms with Crippen LogP contribution in [0.1, 0.15) is 10.4 Å². The van der Waals surface area contributed by atoms with Crippen molar-refractivity contribution in [1.29, 1.82) is 0 Å². The Bertz CT molecular complexity index is 1130. The second kappa shape index (κ2) is 8.62. The predicted molar refractivity (Wildman–Crippen MR) is 113 cm³/mol. The van der Waals surface area contributed by atoms with Crippen LogP contribution in [-0.4, -0.2) is 28.2 Å². The minimum Gasteiger partial charge on any atom is -0.496 e. The number of pyridine rings is 1. The fourth-order valence-electron chi connectivity index (χ4n) is 2.82. The number of benzene rings is 2. The number of methoxy groups -OCH3 is 1. The number of hydrogen-bond donors (Lipinski definition) is 2. The van der Waals surface area contributed by atoms with Crippen molar-refractivity contribution in [2.75, 3.05) is 12.4 Å². The molecule has 2 aromatic heterocycles. The van der Waals surface area contributed by atoms with Crippen LogP contribution in [0.15, 0.2) is 88.9 Å². The zero-order chi connectivity index (χ0) is 20.1. The number of nitrogens with one attached hydrogen (secondary N) is 2. The van der Waals surface area contributed by atoms with E-state index in [1.165, 1.54) is 11.8 Å². The van der Waals surface area contributed by atoms with Crippen LogP contribution < -0.4 is 10.1 Å². The number of amides is 1. The summed E-state index contributed by atoms with van der Waals surface area (Å²) in [5.41, 5.74) is 2.11. The summed E-state index contributed by atoms with van der Waals surface area (Å²) in [6, 6.07) is 22.7. The summed E-state index contributed by atoms with van der Waals surface area (Å²) in [6.07, 6.45) is 1.68.